The van der Waals surface area contributed by atoms with E-state index in [1.165, 1.54) is 0 Å². The molecule has 0 radical (unpaired) electrons. The van der Waals surface area contributed by atoms with Crippen molar-refractivity contribution in [3.63, 3.8) is 0 Å². The smallest absolute Gasteiger partial charge is 0.251 e. The molecule has 2 N–H and O–H groups in total. The van der Waals surface area contributed by atoms with Crippen LogP contribution in [0.25, 0.3) is 0 Å². The summed E-state index contributed by atoms with van der Waals surface area (Å²) in [5, 5.41) is 5.75. The van der Waals surface area contributed by atoms with Crippen molar-refractivity contribution in [3.05, 3.63) is 60.2 Å². The average Bonchev–Trinajstić information content (AvgIpc) is 3.14. The summed E-state index contributed by atoms with van der Waals surface area (Å²) < 4.78 is 0. The molecule has 152 valence electrons. The summed E-state index contributed by atoms with van der Waals surface area (Å²) in [5.41, 5.74) is 1.98. The third-order valence-electron chi connectivity index (χ3n) is 5.04. The first kappa shape index (κ1) is 20.6. The predicted molar refractivity (Wildman–Crippen MR) is 114 cm³/mol. The zero-order valence-corrected chi connectivity index (χ0v) is 16.7. The second-order valence-corrected chi connectivity index (χ2v) is 7.27. The monoisotopic (exact) mass is 393 g/mol. The number of hydrogen-bond donors (Lipinski definition) is 2. The van der Waals surface area contributed by atoms with E-state index in [1.54, 1.807) is 29.2 Å². The highest BCUT2D eigenvalue weighted by atomic mass is 16.2. The zero-order chi connectivity index (χ0) is 20.6. The van der Waals surface area contributed by atoms with Crippen LogP contribution in [0.3, 0.4) is 0 Å². The van der Waals surface area contributed by atoms with Crippen molar-refractivity contribution < 1.29 is 14.4 Å². The lowest BCUT2D eigenvalue weighted by Gasteiger charge is -2.16. The van der Waals surface area contributed by atoms with E-state index < -0.39 is 5.92 Å². The van der Waals surface area contributed by atoms with Crippen LogP contribution < -0.4 is 15.5 Å². The van der Waals surface area contributed by atoms with Crippen LogP contribution in [0.5, 0.6) is 0 Å². The molecule has 1 heterocycles. The number of hydrogen-bond acceptors (Lipinski definition) is 3. The van der Waals surface area contributed by atoms with Crippen LogP contribution in [0.15, 0.2) is 54.6 Å². The van der Waals surface area contributed by atoms with Gasteiger partial charge in [0.15, 0.2) is 0 Å². The molecule has 0 saturated carbocycles. The van der Waals surface area contributed by atoms with Gasteiger partial charge >= 0.3 is 0 Å². The SMILES string of the molecule is CCCCCNC(=O)c1ccc(NC(=O)C2CC(=O)N(c3ccccc3)C2)cc1. The van der Waals surface area contributed by atoms with E-state index in [4.69, 9.17) is 0 Å². The van der Waals surface area contributed by atoms with Crippen LogP contribution in [0.2, 0.25) is 0 Å². The third-order valence-corrected chi connectivity index (χ3v) is 5.04. The Bertz CT molecular complexity index is 849. The molecular weight excluding hydrogens is 366 g/mol. The molecule has 0 aliphatic carbocycles. The highest BCUT2D eigenvalue weighted by Crippen LogP contribution is 2.25. The van der Waals surface area contributed by atoms with Gasteiger partial charge in [-0.3, -0.25) is 14.4 Å². The molecule has 0 bridgehead atoms. The fraction of sp³-hybridized carbons (Fsp3) is 0.348. The first-order valence-electron chi connectivity index (χ1n) is 10.1. The molecule has 1 atom stereocenters. The van der Waals surface area contributed by atoms with Crippen molar-refractivity contribution in [2.24, 2.45) is 5.92 Å². The van der Waals surface area contributed by atoms with Gasteiger partial charge in [0.1, 0.15) is 0 Å². The van der Waals surface area contributed by atoms with Gasteiger partial charge in [-0.1, -0.05) is 38.0 Å². The summed E-state index contributed by atoms with van der Waals surface area (Å²) in [6.07, 6.45) is 3.37. The van der Waals surface area contributed by atoms with E-state index in [1.807, 2.05) is 30.3 Å². The van der Waals surface area contributed by atoms with E-state index in [9.17, 15) is 14.4 Å². The van der Waals surface area contributed by atoms with Crippen molar-refractivity contribution >= 4 is 29.1 Å². The van der Waals surface area contributed by atoms with Crippen LogP contribution in [-0.2, 0) is 9.59 Å². The Morgan fingerprint density at radius 1 is 1.03 bits per heavy atom. The standard InChI is InChI=1S/C23H27N3O3/c1-2-3-7-14-24-22(28)17-10-12-19(13-11-17)25-23(29)18-15-21(27)26(16-18)20-8-5-4-6-9-20/h4-6,8-13,18H,2-3,7,14-16H2,1H3,(H,24,28)(H,25,29). The quantitative estimate of drug-likeness (QED) is 0.673. The first-order chi connectivity index (χ1) is 14.1. The van der Waals surface area contributed by atoms with Gasteiger partial charge in [-0.2, -0.15) is 0 Å². The van der Waals surface area contributed by atoms with Crippen molar-refractivity contribution in [1.82, 2.24) is 5.32 Å². The molecule has 3 rings (SSSR count). The molecule has 0 aromatic heterocycles. The highest BCUT2D eigenvalue weighted by Gasteiger charge is 2.35. The summed E-state index contributed by atoms with van der Waals surface area (Å²) in [6, 6.07) is 16.2. The number of amides is 3. The molecular formula is C23H27N3O3. The van der Waals surface area contributed by atoms with Crippen molar-refractivity contribution in [1.29, 1.82) is 0 Å². The topological polar surface area (TPSA) is 78.5 Å². The lowest BCUT2D eigenvalue weighted by Crippen LogP contribution is -2.28. The Hall–Kier alpha value is -3.15. The molecule has 2 aromatic carbocycles. The fourth-order valence-corrected chi connectivity index (χ4v) is 3.37. The minimum atomic E-state index is -0.399. The van der Waals surface area contributed by atoms with Gasteiger partial charge in [0.2, 0.25) is 11.8 Å². The van der Waals surface area contributed by atoms with Crippen LogP contribution in [-0.4, -0.2) is 30.8 Å². The normalized spacial score (nSPS) is 16.0. The number of para-hydroxylation sites is 1. The number of rotatable bonds is 8. The molecule has 2 aromatic rings. The first-order valence-corrected chi connectivity index (χ1v) is 10.1. The molecule has 3 amide bonds. The maximum atomic E-state index is 12.6. The summed E-state index contributed by atoms with van der Waals surface area (Å²) in [4.78, 5) is 38.6. The van der Waals surface area contributed by atoms with E-state index in [0.29, 0.717) is 24.3 Å². The summed E-state index contributed by atoms with van der Waals surface area (Å²) in [7, 11) is 0. The van der Waals surface area contributed by atoms with Gasteiger partial charge in [-0.05, 0) is 42.8 Å². The second-order valence-electron chi connectivity index (χ2n) is 7.27. The van der Waals surface area contributed by atoms with Crippen molar-refractivity contribution in [2.75, 3.05) is 23.3 Å². The molecule has 1 fully saturated rings. The number of benzene rings is 2. The zero-order valence-electron chi connectivity index (χ0n) is 16.7. The Labute approximate surface area is 171 Å². The third kappa shape index (κ3) is 5.44. The van der Waals surface area contributed by atoms with Gasteiger partial charge in [-0.25, -0.2) is 0 Å². The minimum absolute atomic E-state index is 0.0496. The highest BCUT2D eigenvalue weighted by molar-refractivity contribution is 6.03. The van der Waals surface area contributed by atoms with E-state index in [-0.39, 0.29) is 24.1 Å². The van der Waals surface area contributed by atoms with Crippen molar-refractivity contribution in [2.45, 2.75) is 32.6 Å². The summed E-state index contributed by atoms with van der Waals surface area (Å²) in [5.74, 6) is -0.747. The lowest BCUT2D eigenvalue weighted by molar-refractivity contribution is -0.122. The fourth-order valence-electron chi connectivity index (χ4n) is 3.37. The summed E-state index contributed by atoms with van der Waals surface area (Å²) in [6.45, 7) is 3.15. The van der Waals surface area contributed by atoms with Crippen molar-refractivity contribution in [3.8, 4) is 0 Å². The van der Waals surface area contributed by atoms with E-state index in [0.717, 1.165) is 24.9 Å². The lowest BCUT2D eigenvalue weighted by atomic mass is 10.1. The van der Waals surface area contributed by atoms with Gasteiger partial charge in [0.05, 0.1) is 5.92 Å². The van der Waals surface area contributed by atoms with Gasteiger partial charge < -0.3 is 15.5 Å². The maximum Gasteiger partial charge on any atom is 0.251 e. The van der Waals surface area contributed by atoms with Gasteiger partial charge in [0.25, 0.3) is 5.91 Å². The number of unbranched alkanes of at least 4 members (excludes halogenated alkanes) is 2. The van der Waals surface area contributed by atoms with E-state index >= 15 is 0 Å². The summed E-state index contributed by atoms with van der Waals surface area (Å²) >= 11 is 0. The molecule has 1 unspecified atom stereocenters. The molecule has 1 saturated heterocycles. The Kier molecular flexibility index (Phi) is 7.00. The van der Waals surface area contributed by atoms with Gasteiger partial charge in [-0.15, -0.1) is 0 Å². The molecule has 6 heteroatoms. The number of anilines is 2. The number of nitrogens with zero attached hydrogens (tertiary/aromatic N) is 1. The maximum absolute atomic E-state index is 12.6. The molecule has 0 spiro atoms. The molecule has 6 nitrogen and oxygen atoms in total. The minimum Gasteiger partial charge on any atom is -0.352 e. The molecule has 29 heavy (non-hydrogen) atoms. The Morgan fingerprint density at radius 3 is 2.45 bits per heavy atom. The average molecular weight is 393 g/mol. The Morgan fingerprint density at radius 2 is 1.76 bits per heavy atom. The number of nitrogens with one attached hydrogen (secondary N) is 2. The predicted octanol–water partition coefficient (Wildman–Crippen LogP) is 3.60. The van der Waals surface area contributed by atoms with Crippen LogP contribution in [0.1, 0.15) is 43.0 Å². The number of carbonyl (C=O) groups is 3. The molecule has 1 aliphatic rings. The van der Waals surface area contributed by atoms with Crippen LogP contribution in [0, 0.1) is 5.92 Å². The number of carbonyl (C=O) groups excluding carboxylic acids is 3. The Balaban J connectivity index is 1.53. The van der Waals surface area contributed by atoms with Crippen LogP contribution >= 0.6 is 0 Å². The largest absolute Gasteiger partial charge is 0.352 e. The molecule has 1 aliphatic heterocycles. The van der Waals surface area contributed by atoms with Gasteiger partial charge in [0, 0.05) is 36.4 Å². The van der Waals surface area contributed by atoms with Crippen LogP contribution in [0.4, 0.5) is 11.4 Å². The van der Waals surface area contributed by atoms with E-state index in [2.05, 4.69) is 17.6 Å². The second kappa shape index (κ2) is 9.87.